The van der Waals surface area contributed by atoms with Crippen molar-refractivity contribution >= 4 is 5.91 Å². The number of hydrogen-bond donors (Lipinski definition) is 1. The highest BCUT2D eigenvalue weighted by molar-refractivity contribution is 5.94. The lowest BCUT2D eigenvalue weighted by Gasteiger charge is -1.97. The first-order valence-corrected chi connectivity index (χ1v) is 5.30. The third kappa shape index (κ3) is 2.93. The van der Waals surface area contributed by atoms with Gasteiger partial charge in [0.05, 0.1) is 11.1 Å². The normalized spacial score (nSPS) is 9.58. The quantitative estimate of drug-likeness (QED) is 0.794. The molecule has 0 bridgehead atoms. The number of carbonyl (C=O) groups is 1. The van der Waals surface area contributed by atoms with Gasteiger partial charge in [-0.2, -0.15) is 0 Å². The first-order chi connectivity index (χ1) is 9.08. The molecule has 0 radical (unpaired) electrons. The predicted octanol–water partition coefficient (Wildman–Crippen LogP) is 1.86. The molecule has 2 rings (SSSR count). The molecule has 1 aromatic heterocycles. The van der Waals surface area contributed by atoms with Crippen molar-refractivity contribution in [2.45, 2.75) is 0 Å². The van der Waals surface area contributed by atoms with Crippen LogP contribution in [0.3, 0.4) is 0 Å². The van der Waals surface area contributed by atoms with Crippen LogP contribution in [-0.4, -0.2) is 10.9 Å². The minimum Gasteiger partial charge on any atom is -0.366 e. The lowest BCUT2D eigenvalue weighted by atomic mass is 10.1. The number of benzene rings is 1. The Morgan fingerprint density at radius 2 is 2.00 bits per heavy atom. The SMILES string of the molecule is NC(=O)c1cccnc1C#Cc1ccc(F)cc1F. The van der Waals surface area contributed by atoms with Crippen molar-refractivity contribution in [3.63, 3.8) is 0 Å². The lowest BCUT2D eigenvalue weighted by molar-refractivity contribution is 0.0999. The zero-order valence-corrected chi connectivity index (χ0v) is 9.65. The number of carbonyl (C=O) groups excluding carboxylic acids is 1. The highest BCUT2D eigenvalue weighted by Gasteiger charge is 2.06. The number of amides is 1. The van der Waals surface area contributed by atoms with Crippen LogP contribution >= 0.6 is 0 Å². The fourth-order valence-electron chi connectivity index (χ4n) is 1.42. The molecule has 0 unspecified atom stereocenters. The lowest BCUT2D eigenvalue weighted by Crippen LogP contribution is -2.13. The summed E-state index contributed by atoms with van der Waals surface area (Å²) in [6.45, 7) is 0. The molecular weight excluding hydrogens is 250 g/mol. The fraction of sp³-hybridized carbons (Fsp3) is 0. The van der Waals surface area contributed by atoms with Crippen molar-refractivity contribution in [1.29, 1.82) is 0 Å². The van der Waals surface area contributed by atoms with Crippen molar-refractivity contribution in [3.8, 4) is 11.8 Å². The smallest absolute Gasteiger partial charge is 0.251 e. The Morgan fingerprint density at radius 1 is 1.21 bits per heavy atom. The summed E-state index contributed by atoms with van der Waals surface area (Å²) in [6, 6.07) is 6.06. The van der Waals surface area contributed by atoms with Crippen LogP contribution in [0.25, 0.3) is 0 Å². The van der Waals surface area contributed by atoms with E-state index in [9.17, 15) is 13.6 Å². The Balaban J connectivity index is 2.42. The van der Waals surface area contributed by atoms with Crippen LogP contribution in [0.1, 0.15) is 21.6 Å². The van der Waals surface area contributed by atoms with E-state index >= 15 is 0 Å². The molecular formula is C14H8F2N2O. The number of aromatic nitrogens is 1. The van der Waals surface area contributed by atoms with Crippen molar-refractivity contribution in [3.05, 3.63) is 65.0 Å². The van der Waals surface area contributed by atoms with Crippen LogP contribution in [0.15, 0.2) is 36.5 Å². The van der Waals surface area contributed by atoms with Crippen LogP contribution in [-0.2, 0) is 0 Å². The minimum atomic E-state index is -0.774. The first-order valence-electron chi connectivity index (χ1n) is 5.30. The average molecular weight is 258 g/mol. The molecule has 19 heavy (non-hydrogen) atoms. The van der Waals surface area contributed by atoms with Crippen molar-refractivity contribution in [1.82, 2.24) is 4.98 Å². The van der Waals surface area contributed by atoms with Gasteiger partial charge in [-0.05, 0) is 30.2 Å². The van der Waals surface area contributed by atoms with Crippen LogP contribution in [0.4, 0.5) is 8.78 Å². The molecule has 0 spiro atoms. The third-order valence-corrected chi connectivity index (χ3v) is 2.32. The van der Waals surface area contributed by atoms with Gasteiger partial charge in [-0.3, -0.25) is 4.79 Å². The Hall–Kier alpha value is -2.74. The largest absolute Gasteiger partial charge is 0.366 e. The summed E-state index contributed by atoms with van der Waals surface area (Å²) in [5, 5.41) is 0. The first kappa shape index (κ1) is 12.7. The van der Waals surface area contributed by atoms with Gasteiger partial charge < -0.3 is 5.73 Å². The second kappa shape index (κ2) is 5.27. The van der Waals surface area contributed by atoms with E-state index in [2.05, 4.69) is 16.8 Å². The van der Waals surface area contributed by atoms with Crippen LogP contribution < -0.4 is 5.73 Å². The zero-order chi connectivity index (χ0) is 13.8. The van der Waals surface area contributed by atoms with Gasteiger partial charge >= 0.3 is 0 Å². The predicted molar refractivity (Wildman–Crippen MR) is 65.1 cm³/mol. The van der Waals surface area contributed by atoms with E-state index in [1.54, 1.807) is 6.07 Å². The molecule has 1 heterocycles. The van der Waals surface area contributed by atoms with Crippen molar-refractivity contribution < 1.29 is 13.6 Å². The molecule has 2 N–H and O–H groups in total. The zero-order valence-electron chi connectivity index (χ0n) is 9.65. The number of halogens is 2. The van der Waals surface area contributed by atoms with Gasteiger partial charge in [-0.15, -0.1) is 0 Å². The van der Waals surface area contributed by atoms with E-state index in [0.29, 0.717) is 0 Å². The van der Waals surface area contributed by atoms with Crippen molar-refractivity contribution in [2.24, 2.45) is 5.73 Å². The molecule has 0 atom stereocenters. The van der Waals surface area contributed by atoms with Gasteiger partial charge in [-0.25, -0.2) is 13.8 Å². The Morgan fingerprint density at radius 3 is 2.68 bits per heavy atom. The Labute approximate surface area is 108 Å². The molecule has 3 nitrogen and oxygen atoms in total. The molecule has 0 aliphatic rings. The molecule has 1 aromatic carbocycles. The molecule has 94 valence electrons. The van der Waals surface area contributed by atoms with Crippen LogP contribution in [0.2, 0.25) is 0 Å². The number of nitrogens with two attached hydrogens (primary N) is 1. The number of primary amides is 1. The summed E-state index contributed by atoms with van der Waals surface area (Å²) >= 11 is 0. The third-order valence-electron chi connectivity index (χ3n) is 2.32. The second-order valence-electron chi connectivity index (χ2n) is 3.64. The van der Waals surface area contributed by atoms with E-state index in [4.69, 9.17) is 5.73 Å². The molecule has 0 fully saturated rings. The summed E-state index contributed by atoms with van der Waals surface area (Å²) in [5.74, 6) is 2.91. The minimum absolute atomic E-state index is 0.0162. The monoisotopic (exact) mass is 258 g/mol. The summed E-state index contributed by atoms with van der Waals surface area (Å²) in [6.07, 6.45) is 1.44. The van der Waals surface area contributed by atoms with Gasteiger partial charge in [0.2, 0.25) is 0 Å². The summed E-state index contributed by atoms with van der Waals surface area (Å²) in [5.41, 5.74) is 5.48. The van der Waals surface area contributed by atoms with E-state index < -0.39 is 17.5 Å². The van der Waals surface area contributed by atoms with E-state index in [1.165, 1.54) is 18.3 Å². The van der Waals surface area contributed by atoms with Gasteiger partial charge in [0.1, 0.15) is 17.3 Å². The second-order valence-corrected chi connectivity index (χ2v) is 3.64. The summed E-state index contributed by atoms with van der Waals surface area (Å²) < 4.78 is 26.1. The fourth-order valence-corrected chi connectivity index (χ4v) is 1.42. The number of rotatable bonds is 1. The molecule has 0 aliphatic heterocycles. The molecule has 5 heteroatoms. The van der Waals surface area contributed by atoms with Gasteiger partial charge in [0.15, 0.2) is 0 Å². The number of nitrogens with zero attached hydrogens (tertiary/aromatic N) is 1. The standard InChI is InChI=1S/C14H8F2N2O/c15-10-5-3-9(12(16)8-10)4-6-13-11(14(17)19)2-1-7-18-13/h1-3,5,7-8H,(H2,17,19). The Bertz CT molecular complexity index is 702. The maximum Gasteiger partial charge on any atom is 0.251 e. The maximum absolute atomic E-state index is 13.4. The van der Waals surface area contributed by atoms with E-state index in [0.717, 1.165) is 12.1 Å². The number of pyridine rings is 1. The molecule has 0 saturated carbocycles. The number of hydrogen-bond acceptors (Lipinski definition) is 2. The van der Waals surface area contributed by atoms with Gasteiger partial charge in [0.25, 0.3) is 5.91 Å². The molecule has 2 aromatic rings. The van der Waals surface area contributed by atoms with Gasteiger partial charge in [0, 0.05) is 12.3 Å². The highest BCUT2D eigenvalue weighted by atomic mass is 19.1. The van der Waals surface area contributed by atoms with Crippen molar-refractivity contribution in [2.75, 3.05) is 0 Å². The van der Waals surface area contributed by atoms with Crippen LogP contribution in [0, 0.1) is 23.5 Å². The van der Waals surface area contributed by atoms with E-state index in [1.807, 2.05) is 0 Å². The molecule has 0 saturated heterocycles. The summed E-state index contributed by atoms with van der Waals surface area (Å²) in [4.78, 5) is 15.0. The topological polar surface area (TPSA) is 56.0 Å². The van der Waals surface area contributed by atoms with E-state index in [-0.39, 0.29) is 16.8 Å². The van der Waals surface area contributed by atoms with Crippen LogP contribution in [0.5, 0.6) is 0 Å². The van der Waals surface area contributed by atoms with Gasteiger partial charge in [-0.1, -0.05) is 5.92 Å². The highest BCUT2D eigenvalue weighted by Crippen LogP contribution is 2.09. The Kier molecular flexibility index (Phi) is 3.53. The maximum atomic E-state index is 13.4. The molecule has 1 amide bonds. The average Bonchev–Trinajstić information content (AvgIpc) is 2.38. The summed E-state index contributed by atoms with van der Waals surface area (Å²) in [7, 11) is 0. The molecule has 0 aliphatic carbocycles.